The Hall–Kier alpha value is -2.84. The monoisotopic (exact) mass is 345 g/mol. The number of likely N-dealkylation sites (tertiary alicyclic amines) is 1. The van der Waals surface area contributed by atoms with Gasteiger partial charge in [-0.1, -0.05) is 18.9 Å². The van der Waals surface area contributed by atoms with Crippen LogP contribution < -0.4 is 5.32 Å². The molecule has 0 spiro atoms. The van der Waals surface area contributed by atoms with Gasteiger partial charge in [0.2, 0.25) is 0 Å². The maximum Gasteiger partial charge on any atom is 0.143 e. The van der Waals surface area contributed by atoms with E-state index in [-0.39, 0.29) is 0 Å². The third kappa shape index (κ3) is 3.42. The van der Waals surface area contributed by atoms with Gasteiger partial charge in [-0.25, -0.2) is 9.97 Å². The van der Waals surface area contributed by atoms with Gasteiger partial charge in [-0.05, 0) is 55.6 Å². The number of nitrogens with zero attached hydrogens (tertiary/aromatic N) is 3. The molecule has 2 N–H and O–H groups in total. The molecule has 0 bridgehead atoms. The number of piperidine rings is 1. The quantitative estimate of drug-likeness (QED) is 0.704. The molecule has 0 aliphatic carbocycles. The first-order chi connectivity index (χ1) is 12.7. The van der Waals surface area contributed by atoms with Crippen molar-refractivity contribution < 1.29 is 0 Å². The average molecular weight is 345 g/mol. The first-order valence-corrected chi connectivity index (χ1v) is 9.10. The topological polar surface area (TPSA) is 56.8 Å². The number of H-pyrrole nitrogens is 1. The minimum absolute atomic E-state index is 0.811. The van der Waals surface area contributed by atoms with E-state index in [0.29, 0.717) is 0 Å². The van der Waals surface area contributed by atoms with Crippen LogP contribution in [-0.2, 0) is 6.54 Å². The maximum absolute atomic E-state index is 5.51. The number of nitrogens with one attached hydrogen (secondary N) is 2. The molecule has 1 aromatic carbocycles. The summed E-state index contributed by atoms with van der Waals surface area (Å²) in [6.07, 6.45) is 11.7. The van der Waals surface area contributed by atoms with Crippen molar-refractivity contribution in [3.63, 3.8) is 0 Å². The summed E-state index contributed by atoms with van der Waals surface area (Å²) < 4.78 is 0. The molecule has 26 heavy (non-hydrogen) atoms. The number of aromatic nitrogens is 3. The summed E-state index contributed by atoms with van der Waals surface area (Å²) in [6.45, 7) is 5.55. The van der Waals surface area contributed by atoms with Crippen LogP contribution in [0.25, 0.3) is 11.0 Å². The van der Waals surface area contributed by atoms with E-state index in [1.54, 1.807) is 6.33 Å². The molecule has 5 heteroatoms. The number of hydrogen-bond donors (Lipinski definition) is 2. The average Bonchev–Trinajstić information content (AvgIpc) is 3.08. The van der Waals surface area contributed by atoms with Gasteiger partial charge in [-0.15, -0.1) is 6.42 Å². The summed E-state index contributed by atoms with van der Waals surface area (Å²) in [4.78, 5) is 14.7. The molecule has 132 valence electrons. The van der Waals surface area contributed by atoms with Crippen LogP contribution in [0.2, 0.25) is 0 Å². The molecule has 0 amide bonds. The summed E-state index contributed by atoms with van der Waals surface area (Å²) in [6, 6.07) is 7.81. The highest BCUT2D eigenvalue weighted by atomic mass is 15.1. The summed E-state index contributed by atoms with van der Waals surface area (Å²) in [5.41, 5.74) is 3.86. The normalized spacial score (nSPS) is 15.8. The number of terminal acetylenes is 1. The van der Waals surface area contributed by atoms with Crippen molar-refractivity contribution >= 4 is 22.5 Å². The lowest BCUT2D eigenvalue weighted by Crippen LogP contribution is -2.32. The zero-order valence-corrected chi connectivity index (χ0v) is 15.0. The molecule has 0 saturated carbocycles. The van der Waals surface area contributed by atoms with Crippen molar-refractivity contribution in [3.8, 4) is 12.3 Å². The molecule has 1 aliphatic heterocycles. The molecule has 5 nitrogen and oxygen atoms in total. The number of fused-ring (bicyclic) bond motifs is 1. The molecular weight excluding hydrogens is 322 g/mol. The minimum atomic E-state index is 0.811. The van der Waals surface area contributed by atoms with E-state index in [4.69, 9.17) is 6.42 Å². The molecule has 0 atom stereocenters. The molecule has 3 aromatic rings. The Balaban J connectivity index is 1.63. The molecule has 0 unspecified atom stereocenters. The second-order valence-electron chi connectivity index (χ2n) is 7.07. The molecule has 3 heterocycles. The lowest BCUT2D eigenvalue weighted by molar-refractivity contribution is 0.186. The maximum atomic E-state index is 5.51. The predicted molar refractivity (Wildman–Crippen MR) is 105 cm³/mol. The largest absolute Gasteiger partial charge is 0.346 e. The van der Waals surface area contributed by atoms with Gasteiger partial charge < -0.3 is 10.3 Å². The highest BCUT2D eigenvalue weighted by molar-refractivity contribution is 5.92. The smallest absolute Gasteiger partial charge is 0.143 e. The van der Waals surface area contributed by atoms with Crippen molar-refractivity contribution in [1.82, 2.24) is 19.9 Å². The lowest BCUT2D eigenvalue weighted by Gasteiger charge is -2.30. The molecule has 0 radical (unpaired) electrons. The van der Waals surface area contributed by atoms with Gasteiger partial charge in [-0.3, -0.25) is 4.90 Å². The summed E-state index contributed by atoms with van der Waals surface area (Å²) in [5.74, 6) is 4.31. The fourth-order valence-corrected chi connectivity index (χ4v) is 3.53. The van der Waals surface area contributed by atoms with Crippen LogP contribution in [0.1, 0.15) is 30.9 Å². The second-order valence-corrected chi connectivity index (χ2v) is 7.07. The molecular formula is C21H23N5. The summed E-state index contributed by atoms with van der Waals surface area (Å²) >= 11 is 0. The first-order valence-electron chi connectivity index (χ1n) is 9.10. The SMILES string of the molecule is C#Cc1cccc(Nc2ncnc3[nH]cc(CN4CCC(C)CC4)c23)c1. The van der Waals surface area contributed by atoms with Gasteiger partial charge in [0.05, 0.1) is 5.39 Å². The third-order valence-corrected chi connectivity index (χ3v) is 5.11. The van der Waals surface area contributed by atoms with Gasteiger partial charge >= 0.3 is 0 Å². The Morgan fingerprint density at radius 1 is 1.31 bits per heavy atom. The van der Waals surface area contributed by atoms with E-state index in [1.165, 1.54) is 18.4 Å². The molecule has 4 rings (SSSR count). The van der Waals surface area contributed by atoms with E-state index in [0.717, 1.165) is 53.7 Å². The van der Waals surface area contributed by atoms with Crippen LogP contribution in [0.5, 0.6) is 0 Å². The standard InChI is InChI=1S/C21H23N5/c1-3-16-5-4-6-18(11-16)25-21-19-17(12-22-20(19)23-14-24-21)13-26-9-7-15(2)8-10-26/h1,4-6,11-12,14-15H,7-10,13H2,2H3,(H2,22,23,24,25). The van der Waals surface area contributed by atoms with Crippen molar-refractivity contribution in [1.29, 1.82) is 0 Å². The van der Waals surface area contributed by atoms with Gasteiger partial charge in [-0.2, -0.15) is 0 Å². The zero-order chi connectivity index (χ0) is 17.9. The summed E-state index contributed by atoms with van der Waals surface area (Å²) in [5, 5.41) is 4.46. The Morgan fingerprint density at radius 2 is 2.15 bits per heavy atom. The van der Waals surface area contributed by atoms with Crippen molar-refractivity contribution in [2.24, 2.45) is 5.92 Å². The lowest BCUT2D eigenvalue weighted by atomic mass is 9.99. The van der Waals surface area contributed by atoms with E-state index >= 15 is 0 Å². The number of anilines is 2. The second kappa shape index (κ2) is 7.19. The molecule has 2 aromatic heterocycles. The number of aromatic amines is 1. The molecule has 1 aliphatic rings. The predicted octanol–water partition coefficient (Wildman–Crippen LogP) is 3.91. The van der Waals surface area contributed by atoms with Crippen LogP contribution >= 0.6 is 0 Å². The van der Waals surface area contributed by atoms with E-state index < -0.39 is 0 Å². The zero-order valence-electron chi connectivity index (χ0n) is 15.0. The molecule has 1 fully saturated rings. The van der Waals surface area contributed by atoms with E-state index in [9.17, 15) is 0 Å². The van der Waals surface area contributed by atoms with Crippen molar-refractivity contribution in [2.45, 2.75) is 26.3 Å². The van der Waals surface area contributed by atoms with Gasteiger partial charge in [0.25, 0.3) is 0 Å². The Bertz CT molecular complexity index is 944. The number of hydrogen-bond acceptors (Lipinski definition) is 4. The fraction of sp³-hybridized carbons (Fsp3) is 0.333. The van der Waals surface area contributed by atoms with Crippen LogP contribution in [0, 0.1) is 18.3 Å². The summed E-state index contributed by atoms with van der Waals surface area (Å²) in [7, 11) is 0. The van der Waals surface area contributed by atoms with Crippen molar-refractivity contribution in [3.05, 3.63) is 47.9 Å². The van der Waals surface area contributed by atoms with Gasteiger partial charge in [0.15, 0.2) is 0 Å². The minimum Gasteiger partial charge on any atom is -0.346 e. The van der Waals surface area contributed by atoms with E-state index in [1.807, 2.05) is 24.3 Å². The third-order valence-electron chi connectivity index (χ3n) is 5.11. The highest BCUT2D eigenvalue weighted by Gasteiger charge is 2.18. The van der Waals surface area contributed by atoms with Crippen LogP contribution in [0.4, 0.5) is 11.5 Å². The van der Waals surface area contributed by atoms with Gasteiger partial charge in [0.1, 0.15) is 17.8 Å². The number of benzene rings is 1. The van der Waals surface area contributed by atoms with Crippen molar-refractivity contribution in [2.75, 3.05) is 18.4 Å². The Morgan fingerprint density at radius 3 is 2.96 bits per heavy atom. The molecule has 1 saturated heterocycles. The Kier molecular flexibility index (Phi) is 4.59. The first kappa shape index (κ1) is 16.6. The number of rotatable bonds is 4. The fourth-order valence-electron chi connectivity index (χ4n) is 3.53. The van der Waals surface area contributed by atoms with Crippen LogP contribution in [0.15, 0.2) is 36.8 Å². The van der Waals surface area contributed by atoms with Crippen LogP contribution in [0.3, 0.4) is 0 Å². The van der Waals surface area contributed by atoms with E-state index in [2.05, 4.69) is 44.2 Å². The van der Waals surface area contributed by atoms with Gasteiger partial charge in [0, 0.05) is 24.0 Å². The Labute approximate surface area is 153 Å². The van der Waals surface area contributed by atoms with Crippen LogP contribution in [-0.4, -0.2) is 32.9 Å². The highest BCUT2D eigenvalue weighted by Crippen LogP contribution is 2.28.